The molecule has 0 aromatic carbocycles. The van der Waals surface area contributed by atoms with E-state index in [1.54, 1.807) is 11.3 Å². The molecule has 0 bridgehead atoms. The number of nitrogens with zero attached hydrogens (tertiary/aromatic N) is 4. The van der Waals surface area contributed by atoms with Crippen LogP contribution in [0.15, 0.2) is 17.8 Å². The van der Waals surface area contributed by atoms with Crippen molar-refractivity contribution >= 4 is 16.5 Å². The van der Waals surface area contributed by atoms with Gasteiger partial charge in [0.25, 0.3) is 0 Å². The molecule has 0 radical (unpaired) electrons. The van der Waals surface area contributed by atoms with Crippen LogP contribution in [0.25, 0.3) is 0 Å². The van der Waals surface area contributed by atoms with Crippen molar-refractivity contribution in [2.24, 2.45) is 7.05 Å². The molecule has 0 spiro atoms. The lowest BCUT2D eigenvalue weighted by Crippen LogP contribution is -2.16. The fourth-order valence-electron chi connectivity index (χ4n) is 1.63. The minimum atomic E-state index is 0.817. The van der Waals surface area contributed by atoms with E-state index in [9.17, 15) is 0 Å². The van der Waals surface area contributed by atoms with Crippen LogP contribution in [0, 0.1) is 0 Å². The van der Waals surface area contributed by atoms with Crippen LogP contribution in [-0.4, -0.2) is 28.9 Å². The summed E-state index contributed by atoms with van der Waals surface area (Å²) < 4.78 is 1.82. The van der Waals surface area contributed by atoms with Crippen LogP contribution >= 0.6 is 11.3 Å². The standard InChI is InChI=1S/C11H17N5S/c1-12-5-10-8-17-11(14-10)15(2)6-9-4-13-16(3)7-9/h4,7-8,12H,5-6H2,1-3H3. The molecule has 1 N–H and O–H groups in total. The van der Waals surface area contributed by atoms with E-state index in [0.29, 0.717) is 0 Å². The molecule has 2 aromatic rings. The Morgan fingerprint density at radius 3 is 3.00 bits per heavy atom. The molecule has 2 aromatic heterocycles. The second-order valence-electron chi connectivity index (χ2n) is 4.03. The summed E-state index contributed by atoms with van der Waals surface area (Å²) in [6.07, 6.45) is 3.91. The number of thiazole rings is 1. The summed E-state index contributed by atoms with van der Waals surface area (Å²) in [5, 5.41) is 10.4. The maximum atomic E-state index is 4.56. The van der Waals surface area contributed by atoms with Crippen LogP contribution in [0.5, 0.6) is 0 Å². The summed E-state index contributed by atoms with van der Waals surface area (Å²) in [6.45, 7) is 1.65. The van der Waals surface area contributed by atoms with Crippen molar-refractivity contribution < 1.29 is 0 Å². The highest BCUT2D eigenvalue weighted by Gasteiger charge is 2.08. The van der Waals surface area contributed by atoms with Crippen molar-refractivity contribution in [3.05, 3.63) is 29.0 Å². The van der Waals surface area contributed by atoms with E-state index in [2.05, 4.69) is 32.7 Å². The van der Waals surface area contributed by atoms with Gasteiger partial charge in [0.15, 0.2) is 5.13 Å². The van der Waals surface area contributed by atoms with Gasteiger partial charge in [-0.15, -0.1) is 11.3 Å². The average molecular weight is 251 g/mol. The van der Waals surface area contributed by atoms with Crippen LogP contribution in [0.1, 0.15) is 11.3 Å². The number of aryl methyl sites for hydroxylation is 1. The number of hydrogen-bond donors (Lipinski definition) is 1. The van der Waals surface area contributed by atoms with Gasteiger partial charge < -0.3 is 10.2 Å². The average Bonchev–Trinajstić information content (AvgIpc) is 2.88. The van der Waals surface area contributed by atoms with E-state index >= 15 is 0 Å². The lowest BCUT2D eigenvalue weighted by molar-refractivity contribution is 0.766. The molecule has 0 saturated heterocycles. The number of rotatable bonds is 5. The molecule has 2 heterocycles. The number of aromatic nitrogens is 3. The topological polar surface area (TPSA) is 46.0 Å². The predicted molar refractivity (Wildman–Crippen MR) is 70.2 cm³/mol. The third kappa shape index (κ3) is 3.04. The normalized spacial score (nSPS) is 10.8. The second kappa shape index (κ2) is 5.29. The largest absolute Gasteiger partial charge is 0.347 e. The summed E-state index contributed by atoms with van der Waals surface area (Å²) in [5.41, 5.74) is 2.28. The monoisotopic (exact) mass is 251 g/mol. The minimum absolute atomic E-state index is 0.817. The van der Waals surface area contributed by atoms with Crippen LogP contribution in [0.3, 0.4) is 0 Å². The van der Waals surface area contributed by atoms with Gasteiger partial charge >= 0.3 is 0 Å². The molecule has 0 saturated carbocycles. The highest BCUT2D eigenvalue weighted by molar-refractivity contribution is 7.13. The number of anilines is 1. The lowest BCUT2D eigenvalue weighted by Gasteiger charge is -2.13. The van der Waals surface area contributed by atoms with Gasteiger partial charge in [-0.05, 0) is 7.05 Å². The van der Waals surface area contributed by atoms with E-state index in [0.717, 1.165) is 23.9 Å². The zero-order valence-electron chi connectivity index (χ0n) is 10.3. The molecule has 92 valence electrons. The molecular formula is C11H17N5S. The minimum Gasteiger partial charge on any atom is -0.347 e. The Morgan fingerprint density at radius 1 is 1.53 bits per heavy atom. The molecule has 0 aliphatic carbocycles. The molecule has 0 aliphatic heterocycles. The Bertz CT molecular complexity index is 476. The Morgan fingerprint density at radius 2 is 2.35 bits per heavy atom. The van der Waals surface area contributed by atoms with Crippen LogP contribution in [0.4, 0.5) is 5.13 Å². The third-order valence-electron chi connectivity index (χ3n) is 2.40. The fourth-order valence-corrected chi connectivity index (χ4v) is 2.42. The van der Waals surface area contributed by atoms with E-state index in [1.165, 1.54) is 5.56 Å². The first kappa shape index (κ1) is 12.1. The van der Waals surface area contributed by atoms with Crippen LogP contribution in [-0.2, 0) is 20.1 Å². The SMILES string of the molecule is CNCc1csc(N(C)Cc2cnn(C)c2)n1. The lowest BCUT2D eigenvalue weighted by atomic mass is 10.3. The quantitative estimate of drug-likeness (QED) is 0.868. The number of hydrogen-bond acceptors (Lipinski definition) is 5. The van der Waals surface area contributed by atoms with Gasteiger partial charge in [0.05, 0.1) is 11.9 Å². The Labute approximate surface area is 105 Å². The molecular weight excluding hydrogens is 234 g/mol. The molecule has 6 heteroatoms. The van der Waals surface area contributed by atoms with Gasteiger partial charge in [0.2, 0.25) is 0 Å². The molecule has 0 fully saturated rings. The van der Waals surface area contributed by atoms with Crippen molar-refractivity contribution in [3.63, 3.8) is 0 Å². The number of nitrogens with one attached hydrogen (secondary N) is 1. The van der Waals surface area contributed by atoms with Crippen molar-refractivity contribution in [2.45, 2.75) is 13.1 Å². The Kier molecular flexibility index (Phi) is 3.75. The molecule has 2 rings (SSSR count). The zero-order chi connectivity index (χ0) is 12.3. The summed E-state index contributed by atoms with van der Waals surface area (Å²) in [6, 6.07) is 0. The van der Waals surface area contributed by atoms with Crippen molar-refractivity contribution in [1.29, 1.82) is 0 Å². The van der Waals surface area contributed by atoms with E-state index in [-0.39, 0.29) is 0 Å². The fraction of sp³-hybridized carbons (Fsp3) is 0.455. The van der Waals surface area contributed by atoms with Crippen molar-refractivity contribution in [3.8, 4) is 0 Å². The van der Waals surface area contributed by atoms with Gasteiger partial charge in [-0.25, -0.2) is 4.98 Å². The molecule has 0 atom stereocenters. The first-order valence-electron chi connectivity index (χ1n) is 5.46. The zero-order valence-corrected chi connectivity index (χ0v) is 11.2. The first-order chi connectivity index (χ1) is 8.19. The van der Waals surface area contributed by atoms with E-state index in [1.807, 2.05) is 31.2 Å². The molecule has 0 unspecified atom stereocenters. The van der Waals surface area contributed by atoms with E-state index < -0.39 is 0 Å². The van der Waals surface area contributed by atoms with Crippen molar-refractivity contribution in [1.82, 2.24) is 20.1 Å². The van der Waals surface area contributed by atoms with Gasteiger partial charge in [0, 0.05) is 44.3 Å². The highest BCUT2D eigenvalue weighted by Crippen LogP contribution is 2.20. The van der Waals surface area contributed by atoms with Gasteiger partial charge in [-0.1, -0.05) is 0 Å². The second-order valence-corrected chi connectivity index (χ2v) is 4.87. The van der Waals surface area contributed by atoms with Crippen LogP contribution < -0.4 is 10.2 Å². The van der Waals surface area contributed by atoms with Crippen molar-refractivity contribution in [2.75, 3.05) is 19.0 Å². The van der Waals surface area contributed by atoms with Gasteiger partial charge in [0.1, 0.15) is 0 Å². The van der Waals surface area contributed by atoms with E-state index in [4.69, 9.17) is 0 Å². The molecule has 5 nitrogen and oxygen atoms in total. The van der Waals surface area contributed by atoms with Gasteiger partial charge in [-0.3, -0.25) is 4.68 Å². The molecule has 17 heavy (non-hydrogen) atoms. The Hall–Kier alpha value is -1.40. The maximum Gasteiger partial charge on any atom is 0.185 e. The molecule has 0 amide bonds. The Balaban J connectivity index is 2.01. The predicted octanol–water partition coefficient (Wildman–Crippen LogP) is 1.23. The summed E-state index contributed by atoms with van der Waals surface area (Å²) in [7, 11) is 5.91. The molecule has 0 aliphatic rings. The first-order valence-corrected chi connectivity index (χ1v) is 6.34. The summed E-state index contributed by atoms with van der Waals surface area (Å²) in [5.74, 6) is 0. The smallest absolute Gasteiger partial charge is 0.185 e. The van der Waals surface area contributed by atoms with Gasteiger partial charge in [-0.2, -0.15) is 5.10 Å². The summed E-state index contributed by atoms with van der Waals surface area (Å²) >= 11 is 1.67. The highest BCUT2D eigenvalue weighted by atomic mass is 32.1. The van der Waals surface area contributed by atoms with Crippen LogP contribution in [0.2, 0.25) is 0 Å². The maximum absolute atomic E-state index is 4.56. The third-order valence-corrected chi connectivity index (χ3v) is 3.41. The summed E-state index contributed by atoms with van der Waals surface area (Å²) in [4.78, 5) is 6.70.